The second-order valence-corrected chi connectivity index (χ2v) is 5.40. The van der Waals surface area contributed by atoms with Crippen LogP contribution in [0, 0.1) is 10.1 Å². The highest BCUT2D eigenvalue weighted by Gasteiger charge is 2.16. The summed E-state index contributed by atoms with van der Waals surface area (Å²) in [4.78, 5) is 27.8. The Kier molecular flexibility index (Phi) is 4.95. The van der Waals surface area contributed by atoms with Gasteiger partial charge in [0, 0.05) is 36.9 Å². The second-order valence-electron chi connectivity index (χ2n) is 4.56. The number of benzene rings is 1. The first-order valence-electron chi connectivity index (χ1n) is 6.18. The third-order valence-corrected chi connectivity index (χ3v) is 3.53. The van der Waals surface area contributed by atoms with Gasteiger partial charge in [-0.1, -0.05) is 23.2 Å². The molecule has 0 N–H and O–H groups in total. The molecule has 0 atom stereocenters. The molecule has 114 valence electrons. The fourth-order valence-electron chi connectivity index (χ4n) is 1.82. The maximum absolute atomic E-state index is 12.2. The zero-order valence-corrected chi connectivity index (χ0v) is 13.0. The number of aromatic nitrogens is 1. The molecule has 8 heteroatoms. The number of rotatable bonds is 4. The van der Waals surface area contributed by atoms with Crippen LogP contribution in [0.3, 0.4) is 0 Å². The monoisotopic (exact) mass is 339 g/mol. The number of carbonyl (C=O) groups excluding carboxylic acids is 1. The van der Waals surface area contributed by atoms with Crippen molar-refractivity contribution in [3.05, 3.63) is 67.9 Å². The molecule has 0 saturated carbocycles. The summed E-state index contributed by atoms with van der Waals surface area (Å²) in [6.07, 6.45) is 1.38. The largest absolute Gasteiger partial charge is 0.336 e. The molecule has 1 heterocycles. The molecule has 0 radical (unpaired) electrons. The normalized spacial score (nSPS) is 10.3. The van der Waals surface area contributed by atoms with Gasteiger partial charge >= 0.3 is 0 Å². The Labute approximate surface area is 136 Å². The van der Waals surface area contributed by atoms with Gasteiger partial charge < -0.3 is 4.90 Å². The van der Waals surface area contributed by atoms with Crippen LogP contribution in [0.5, 0.6) is 0 Å². The molecule has 1 aromatic heterocycles. The molecule has 0 unspecified atom stereocenters. The Morgan fingerprint density at radius 1 is 1.32 bits per heavy atom. The summed E-state index contributed by atoms with van der Waals surface area (Å²) in [6.45, 7) is 0.129. The van der Waals surface area contributed by atoms with Crippen LogP contribution in [0.25, 0.3) is 0 Å². The number of pyridine rings is 1. The number of non-ortho nitro benzene ring substituents is 1. The predicted molar refractivity (Wildman–Crippen MR) is 83.2 cm³/mol. The summed E-state index contributed by atoms with van der Waals surface area (Å²) in [5.41, 5.74) is 0.638. The van der Waals surface area contributed by atoms with Crippen LogP contribution < -0.4 is 0 Å². The third-order valence-electron chi connectivity index (χ3n) is 2.94. The molecular formula is C14H11Cl2N3O3. The lowest BCUT2D eigenvalue weighted by atomic mass is 10.2. The Morgan fingerprint density at radius 3 is 2.64 bits per heavy atom. The molecule has 2 rings (SSSR count). The summed E-state index contributed by atoms with van der Waals surface area (Å²) in [6, 6.07) is 7.18. The van der Waals surface area contributed by atoms with E-state index in [4.69, 9.17) is 23.2 Å². The van der Waals surface area contributed by atoms with Gasteiger partial charge in [-0.2, -0.15) is 0 Å². The van der Waals surface area contributed by atoms with Crippen LogP contribution in [-0.4, -0.2) is 27.8 Å². The highest BCUT2D eigenvalue weighted by Crippen LogP contribution is 2.23. The molecule has 0 aliphatic rings. The van der Waals surface area contributed by atoms with E-state index in [2.05, 4.69) is 4.98 Å². The van der Waals surface area contributed by atoms with Gasteiger partial charge in [0.15, 0.2) is 0 Å². The summed E-state index contributed by atoms with van der Waals surface area (Å²) in [7, 11) is 1.56. The van der Waals surface area contributed by atoms with E-state index in [0.29, 0.717) is 15.6 Å². The molecule has 0 aliphatic heterocycles. The Bertz CT molecular complexity index is 720. The van der Waals surface area contributed by atoms with Crippen molar-refractivity contribution in [3.8, 4) is 0 Å². The zero-order chi connectivity index (χ0) is 16.3. The van der Waals surface area contributed by atoms with Crippen molar-refractivity contribution in [2.45, 2.75) is 6.54 Å². The van der Waals surface area contributed by atoms with E-state index in [1.807, 2.05) is 0 Å². The smallest absolute Gasteiger partial charge is 0.272 e. The average molecular weight is 340 g/mol. The van der Waals surface area contributed by atoms with Crippen molar-refractivity contribution in [3.63, 3.8) is 0 Å². The van der Waals surface area contributed by atoms with E-state index in [9.17, 15) is 14.9 Å². The first kappa shape index (κ1) is 16.2. The van der Waals surface area contributed by atoms with Crippen molar-refractivity contribution >= 4 is 34.8 Å². The second kappa shape index (κ2) is 6.72. The van der Waals surface area contributed by atoms with Gasteiger partial charge in [-0.05, 0) is 23.8 Å². The molecule has 0 saturated heterocycles. The van der Waals surface area contributed by atoms with E-state index >= 15 is 0 Å². The Morgan fingerprint density at radius 2 is 2.05 bits per heavy atom. The minimum absolute atomic E-state index is 0.0788. The lowest BCUT2D eigenvalue weighted by Gasteiger charge is -2.17. The van der Waals surface area contributed by atoms with Crippen LogP contribution in [-0.2, 0) is 6.54 Å². The number of hydrogen-bond donors (Lipinski definition) is 0. The van der Waals surface area contributed by atoms with Crippen molar-refractivity contribution in [2.24, 2.45) is 0 Å². The van der Waals surface area contributed by atoms with E-state index in [0.717, 1.165) is 0 Å². The number of nitrogens with zero attached hydrogens (tertiary/aromatic N) is 3. The fraction of sp³-hybridized carbons (Fsp3) is 0.143. The summed E-state index contributed by atoms with van der Waals surface area (Å²) in [5.74, 6) is -0.334. The topological polar surface area (TPSA) is 76.3 Å². The van der Waals surface area contributed by atoms with Gasteiger partial charge in [0.2, 0.25) is 0 Å². The number of hydrogen-bond acceptors (Lipinski definition) is 4. The highest BCUT2D eigenvalue weighted by molar-refractivity contribution is 6.31. The molecule has 22 heavy (non-hydrogen) atoms. The van der Waals surface area contributed by atoms with Gasteiger partial charge in [-0.15, -0.1) is 0 Å². The van der Waals surface area contributed by atoms with Crippen molar-refractivity contribution in [1.82, 2.24) is 9.88 Å². The van der Waals surface area contributed by atoms with E-state index in [1.54, 1.807) is 13.1 Å². The quantitative estimate of drug-likeness (QED) is 0.630. The third kappa shape index (κ3) is 3.72. The molecular weight excluding hydrogens is 329 g/mol. The van der Waals surface area contributed by atoms with E-state index < -0.39 is 4.92 Å². The summed E-state index contributed by atoms with van der Waals surface area (Å²) < 4.78 is 0. The van der Waals surface area contributed by atoms with Gasteiger partial charge in [0.05, 0.1) is 9.95 Å². The average Bonchev–Trinajstić information content (AvgIpc) is 2.49. The van der Waals surface area contributed by atoms with Crippen molar-refractivity contribution in [1.29, 1.82) is 0 Å². The zero-order valence-electron chi connectivity index (χ0n) is 11.5. The molecule has 1 aromatic carbocycles. The van der Waals surface area contributed by atoms with E-state index in [1.165, 1.54) is 35.4 Å². The lowest BCUT2D eigenvalue weighted by molar-refractivity contribution is -0.384. The van der Waals surface area contributed by atoms with E-state index in [-0.39, 0.29) is 23.8 Å². The minimum Gasteiger partial charge on any atom is -0.336 e. The van der Waals surface area contributed by atoms with Crippen LogP contribution in [0.2, 0.25) is 10.0 Å². The number of halogens is 2. The van der Waals surface area contributed by atoms with Gasteiger partial charge in [0.1, 0.15) is 5.69 Å². The lowest BCUT2D eigenvalue weighted by Crippen LogP contribution is -2.27. The van der Waals surface area contributed by atoms with Gasteiger partial charge in [-0.25, -0.2) is 4.98 Å². The number of nitro groups is 1. The first-order valence-corrected chi connectivity index (χ1v) is 6.94. The maximum Gasteiger partial charge on any atom is 0.272 e. The van der Waals surface area contributed by atoms with Crippen LogP contribution in [0.15, 0.2) is 36.5 Å². The van der Waals surface area contributed by atoms with Crippen molar-refractivity contribution < 1.29 is 9.72 Å². The highest BCUT2D eigenvalue weighted by atomic mass is 35.5. The molecule has 6 nitrogen and oxygen atoms in total. The maximum atomic E-state index is 12.2. The predicted octanol–water partition coefficient (Wildman–Crippen LogP) is 3.57. The SMILES string of the molecule is CN(Cc1cc([N+](=O)[O-])ccc1Cl)C(=O)c1ccc(Cl)cn1. The number of amides is 1. The van der Waals surface area contributed by atoms with Crippen LogP contribution in [0.4, 0.5) is 5.69 Å². The summed E-state index contributed by atoms with van der Waals surface area (Å²) >= 11 is 11.7. The molecule has 1 amide bonds. The van der Waals surface area contributed by atoms with Crippen LogP contribution in [0.1, 0.15) is 16.1 Å². The first-order chi connectivity index (χ1) is 10.4. The van der Waals surface area contributed by atoms with Gasteiger partial charge in [-0.3, -0.25) is 14.9 Å². The number of carbonyl (C=O) groups is 1. The standard InChI is InChI=1S/C14H11Cl2N3O3/c1-18(14(20)13-5-2-10(15)7-17-13)8-9-6-11(19(21)22)3-4-12(9)16/h2-7H,8H2,1H3. The summed E-state index contributed by atoms with van der Waals surface area (Å²) in [5, 5.41) is 11.6. The van der Waals surface area contributed by atoms with Gasteiger partial charge in [0.25, 0.3) is 11.6 Å². The minimum atomic E-state index is -0.512. The molecule has 0 fully saturated rings. The molecule has 0 bridgehead atoms. The van der Waals surface area contributed by atoms with Crippen LogP contribution >= 0.6 is 23.2 Å². The van der Waals surface area contributed by atoms with Crippen molar-refractivity contribution in [2.75, 3.05) is 7.05 Å². The number of nitro benzene ring substituents is 1. The Balaban J connectivity index is 2.19. The molecule has 0 spiro atoms. The fourth-order valence-corrected chi connectivity index (χ4v) is 2.11. The molecule has 0 aliphatic carbocycles. The molecule has 2 aromatic rings. The Hall–Kier alpha value is -2.18.